The zero-order chi connectivity index (χ0) is 18.7. The summed E-state index contributed by atoms with van der Waals surface area (Å²) in [7, 11) is 0. The Hall–Kier alpha value is -3.89. The number of nitro groups is 2. The molecule has 11 heteroatoms. The lowest BCUT2D eigenvalue weighted by molar-refractivity contribution is -0.390. The molecule has 0 aliphatic rings. The van der Waals surface area contributed by atoms with Crippen LogP contribution in [-0.4, -0.2) is 25.0 Å². The number of aromatic nitrogens is 3. The van der Waals surface area contributed by atoms with E-state index < -0.39 is 21.8 Å². The lowest BCUT2D eigenvalue weighted by Crippen LogP contribution is -2.06. The summed E-state index contributed by atoms with van der Waals surface area (Å²) in [5.74, 6) is -0.211. The Morgan fingerprint density at radius 2 is 1.81 bits per heavy atom. The SMILES string of the molecule is C[C@H](Oc1cccnc1[N+](=O)[O-])c1nnc(-c2ccc([N+](=O)[O-])cc2)o1. The molecule has 0 fully saturated rings. The molecule has 0 spiro atoms. The lowest BCUT2D eigenvalue weighted by atomic mass is 10.2. The first-order chi connectivity index (χ1) is 12.5. The number of nitrogens with zero attached hydrogens (tertiary/aromatic N) is 5. The van der Waals surface area contributed by atoms with E-state index in [9.17, 15) is 20.2 Å². The van der Waals surface area contributed by atoms with Crippen molar-refractivity contribution in [1.29, 1.82) is 0 Å². The van der Waals surface area contributed by atoms with Gasteiger partial charge in [0.25, 0.3) is 11.6 Å². The van der Waals surface area contributed by atoms with Gasteiger partial charge in [0.05, 0.1) is 4.92 Å². The quantitative estimate of drug-likeness (QED) is 0.479. The number of hydrogen-bond donors (Lipinski definition) is 0. The van der Waals surface area contributed by atoms with Gasteiger partial charge >= 0.3 is 5.82 Å². The van der Waals surface area contributed by atoms with Crippen LogP contribution in [0, 0.1) is 20.2 Å². The highest BCUT2D eigenvalue weighted by Gasteiger charge is 2.22. The van der Waals surface area contributed by atoms with Crippen LogP contribution in [0.5, 0.6) is 5.75 Å². The van der Waals surface area contributed by atoms with Gasteiger partial charge in [-0.15, -0.1) is 10.2 Å². The Morgan fingerprint density at radius 1 is 1.08 bits per heavy atom. The van der Waals surface area contributed by atoms with Gasteiger partial charge in [-0.3, -0.25) is 10.1 Å². The molecule has 0 aliphatic carbocycles. The van der Waals surface area contributed by atoms with Gasteiger partial charge in [-0.05, 0) is 41.1 Å². The zero-order valence-corrected chi connectivity index (χ0v) is 13.3. The minimum atomic E-state index is -0.766. The predicted molar refractivity (Wildman–Crippen MR) is 86.3 cm³/mol. The molecule has 132 valence electrons. The van der Waals surface area contributed by atoms with E-state index in [0.717, 1.165) is 0 Å². The number of ether oxygens (including phenoxy) is 1. The molecule has 11 nitrogen and oxygen atoms in total. The van der Waals surface area contributed by atoms with Crippen LogP contribution in [0.2, 0.25) is 0 Å². The van der Waals surface area contributed by atoms with Crippen LogP contribution < -0.4 is 4.74 Å². The van der Waals surface area contributed by atoms with E-state index in [2.05, 4.69) is 15.2 Å². The van der Waals surface area contributed by atoms with Gasteiger partial charge in [0, 0.05) is 17.7 Å². The molecule has 0 radical (unpaired) electrons. The molecule has 1 atom stereocenters. The summed E-state index contributed by atoms with van der Waals surface area (Å²) in [5.41, 5.74) is 0.433. The Labute approximate surface area is 145 Å². The predicted octanol–water partition coefficient (Wildman–Crippen LogP) is 3.09. The highest BCUT2D eigenvalue weighted by Crippen LogP contribution is 2.29. The van der Waals surface area contributed by atoms with Crippen molar-refractivity contribution < 1.29 is 19.0 Å². The zero-order valence-electron chi connectivity index (χ0n) is 13.3. The molecule has 3 aromatic rings. The molecule has 0 saturated heterocycles. The summed E-state index contributed by atoms with van der Waals surface area (Å²) in [4.78, 5) is 24.1. The van der Waals surface area contributed by atoms with E-state index in [4.69, 9.17) is 9.15 Å². The van der Waals surface area contributed by atoms with E-state index in [1.165, 1.54) is 42.6 Å². The maximum absolute atomic E-state index is 11.0. The maximum atomic E-state index is 11.0. The molecule has 3 rings (SSSR count). The van der Waals surface area contributed by atoms with Crippen LogP contribution in [0.1, 0.15) is 18.9 Å². The normalized spacial score (nSPS) is 11.7. The first-order valence-electron chi connectivity index (χ1n) is 7.30. The fourth-order valence-electron chi connectivity index (χ4n) is 2.09. The summed E-state index contributed by atoms with van der Waals surface area (Å²) in [6.07, 6.45) is 0.520. The number of hydrogen-bond acceptors (Lipinski definition) is 9. The molecule has 0 aliphatic heterocycles. The van der Waals surface area contributed by atoms with Gasteiger partial charge in [0.1, 0.15) is 6.20 Å². The van der Waals surface area contributed by atoms with Crippen molar-refractivity contribution in [3.8, 4) is 17.2 Å². The first-order valence-corrected chi connectivity index (χ1v) is 7.30. The molecule has 0 saturated carbocycles. The summed E-state index contributed by atoms with van der Waals surface area (Å²) >= 11 is 0. The standard InChI is InChI=1S/C15H11N5O6/c1-9(25-12-3-2-8-16-13(12)20(23)24)14-17-18-15(26-14)10-4-6-11(7-5-10)19(21)22/h2-9H,1H3/t9-/m0/s1. The molecule has 2 aromatic heterocycles. The Bertz CT molecular complexity index is 955. The van der Waals surface area contributed by atoms with E-state index in [1.807, 2.05) is 0 Å². The summed E-state index contributed by atoms with van der Waals surface area (Å²) < 4.78 is 11.0. The minimum Gasteiger partial charge on any atom is -0.473 e. The largest absolute Gasteiger partial charge is 0.473 e. The van der Waals surface area contributed by atoms with Crippen molar-refractivity contribution in [3.63, 3.8) is 0 Å². The third kappa shape index (κ3) is 3.45. The van der Waals surface area contributed by atoms with E-state index >= 15 is 0 Å². The number of pyridine rings is 1. The van der Waals surface area contributed by atoms with Crippen LogP contribution in [0.25, 0.3) is 11.5 Å². The van der Waals surface area contributed by atoms with E-state index in [-0.39, 0.29) is 23.2 Å². The van der Waals surface area contributed by atoms with Crippen LogP contribution in [0.4, 0.5) is 11.5 Å². The van der Waals surface area contributed by atoms with Gasteiger partial charge in [-0.25, -0.2) is 0 Å². The molecule has 1 aromatic carbocycles. The van der Waals surface area contributed by atoms with Gasteiger partial charge in [0.2, 0.25) is 11.6 Å². The monoisotopic (exact) mass is 357 g/mol. The van der Waals surface area contributed by atoms with Crippen LogP contribution in [-0.2, 0) is 0 Å². The fraction of sp³-hybridized carbons (Fsp3) is 0.133. The van der Waals surface area contributed by atoms with Crippen LogP contribution in [0.3, 0.4) is 0 Å². The van der Waals surface area contributed by atoms with Crippen LogP contribution in [0.15, 0.2) is 47.0 Å². The first kappa shape index (κ1) is 17.0. The van der Waals surface area contributed by atoms with Gasteiger partial charge in [0.15, 0.2) is 6.10 Å². The fourth-order valence-corrected chi connectivity index (χ4v) is 2.09. The summed E-state index contributed by atoms with van der Waals surface area (Å²) in [5, 5.41) is 29.4. The number of benzene rings is 1. The number of nitro benzene ring substituents is 1. The Kier molecular flexibility index (Phi) is 4.51. The molecule has 26 heavy (non-hydrogen) atoms. The summed E-state index contributed by atoms with van der Waals surface area (Å²) in [6, 6.07) is 8.51. The highest BCUT2D eigenvalue weighted by molar-refractivity contribution is 5.55. The Balaban J connectivity index is 1.79. The molecule has 2 heterocycles. The van der Waals surface area contributed by atoms with Crippen molar-refractivity contribution in [2.24, 2.45) is 0 Å². The van der Waals surface area contributed by atoms with Crippen molar-refractivity contribution >= 4 is 11.5 Å². The number of rotatable bonds is 6. The second kappa shape index (κ2) is 6.93. The van der Waals surface area contributed by atoms with Crippen molar-refractivity contribution in [3.05, 3.63) is 68.7 Å². The molecule has 0 bridgehead atoms. The van der Waals surface area contributed by atoms with Crippen LogP contribution >= 0.6 is 0 Å². The topological polar surface area (TPSA) is 147 Å². The molecule has 0 N–H and O–H groups in total. The maximum Gasteiger partial charge on any atom is 0.406 e. The van der Waals surface area contributed by atoms with Gasteiger partial charge in [-0.2, -0.15) is 0 Å². The van der Waals surface area contributed by atoms with E-state index in [0.29, 0.717) is 5.56 Å². The smallest absolute Gasteiger partial charge is 0.406 e. The van der Waals surface area contributed by atoms with Gasteiger partial charge < -0.3 is 19.3 Å². The molecular formula is C15H11N5O6. The number of non-ortho nitro benzene ring substituents is 1. The Morgan fingerprint density at radius 3 is 2.46 bits per heavy atom. The average molecular weight is 357 g/mol. The summed E-state index contributed by atoms with van der Waals surface area (Å²) in [6.45, 7) is 1.59. The third-order valence-electron chi connectivity index (χ3n) is 3.34. The second-order valence-corrected chi connectivity index (χ2v) is 5.09. The van der Waals surface area contributed by atoms with Gasteiger partial charge in [-0.1, -0.05) is 0 Å². The molecule has 0 unspecified atom stereocenters. The molecular weight excluding hydrogens is 346 g/mol. The second-order valence-electron chi connectivity index (χ2n) is 5.09. The van der Waals surface area contributed by atoms with Crippen molar-refractivity contribution in [2.75, 3.05) is 0 Å². The van der Waals surface area contributed by atoms with E-state index in [1.54, 1.807) is 6.92 Å². The van der Waals surface area contributed by atoms with Crippen molar-refractivity contribution in [2.45, 2.75) is 13.0 Å². The average Bonchev–Trinajstić information content (AvgIpc) is 3.12. The third-order valence-corrected chi connectivity index (χ3v) is 3.34. The van der Waals surface area contributed by atoms with Crippen molar-refractivity contribution in [1.82, 2.24) is 15.2 Å². The molecule has 0 amide bonds. The minimum absolute atomic E-state index is 0.0277. The lowest BCUT2D eigenvalue weighted by Gasteiger charge is -2.10. The highest BCUT2D eigenvalue weighted by atomic mass is 16.6.